The van der Waals surface area contributed by atoms with Crippen LogP contribution in [0.2, 0.25) is 0 Å². The first-order chi connectivity index (χ1) is 12.7. The Balaban J connectivity index is 1.53. The zero-order chi connectivity index (χ0) is 17.9. The molecule has 1 aromatic carbocycles. The number of benzene rings is 1. The van der Waals surface area contributed by atoms with Crippen molar-refractivity contribution in [2.75, 3.05) is 5.32 Å². The quantitative estimate of drug-likeness (QED) is 0.768. The van der Waals surface area contributed by atoms with Gasteiger partial charge in [-0.25, -0.2) is 0 Å². The molecule has 0 atom stereocenters. The fourth-order valence-electron chi connectivity index (χ4n) is 3.37. The molecule has 6 heteroatoms. The van der Waals surface area contributed by atoms with E-state index in [0.29, 0.717) is 5.76 Å². The van der Waals surface area contributed by atoms with Gasteiger partial charge in [-0.05, 0) is 50.1 Å². The molecule has 0 bridgehead atoms. The van der Waals surface area contributed by atoms with E-state index in [0.717, 1.165) is 47.8 Å². The monoisotopic (exact) mass is 350 g/mol. The zero-order valence-corrected chi connectivity index (χ0v) is 14.9. The Morgan fingerprint density at radius 3 is 2.65 bits per heavy atom. The van der Waals surface area contributed by atoms with Crippen molar-refractivity contribution < 1.29 is 9.21 Å². The van der Waals surface area contributed by atoms with E-state index in [2.05, 4.69) is 20.1 Å². The number of aryl methyl sites for hydroxylation is 2. The van der Waals surface area contributed by atoms with Crippen molar-refractivity contribution in [3.05, 3.63) is 53.7 Å². The highest BCUT2D eigenvalue weighted by Crippen LogP contribution is 2.24. The van der Waals surface area contributed by atoms with Crippen LogP contribution in [-0.4, -0.2) is 20.7 Å². The Hall–Kier alpha value is -2.89. The van der Waals surface area contributed by atoms with E-state index >= 15 is 0 Å². The van der Waals surface area contributed by atoms with Crippen molar-refractivity contribution in [2.24, 2.45) is 0 Å². The van der Waals surface area contributed by atoms with E-state index < -0.39 is 0 Å². The number of furan rings is 1. The van der Waals surface area contributed by atoms with Crippen LogP contribution in [0.25, 0.3) is 11.4 Å². The average Bonchev–Trinajstić information content (AvgIpc) is 3.21. The molecule has 0 aliphatic carbocycles. The number of anilines is 1. The number of nitrogens with zero attached hydrogens (tertiary/aromatic N) is 3. The molecule has 0 fully saturated rings. The zero-order valence-electron chi connectivity index (χ0n) is 14.9. The van der Waals surface area contributed by atoms with Crippen molar-refractivity contribution in [3.63, 3.8) is 0 Å². The second-order valence-electron chi connectivity index (χ2n) is 6.72. The van der Waals surface area contributed by atoms with E-state index in [4.69, 9.17) is 4.42 Å². The van der Waals surface area contributed by atoms with Gasteiger partial charge in [-0.3, -0.25) is 4.79 Å². The SMILES string of the molecule is Cc1ccoc1C(=O)Nc1ccc(-c2nnc3n2CCCCCC3)cc1. The van der Waals surface area contributed by atoms with Crippen LogP contribution in [0.1, 0.15) is 47.6 Å². The van der Waals surface area contributed by atoms with Gasteiger partial charge >= 0.3 is 0 Å². The Kier molecular flexibility index (Phi) is 4.56. The van der Waals surface area contributed by atoms with Gasteiger partial charge in [0.25, 0.3) is 5.91 Å². The molecule has 134 valence electrons. The predicted molar refractivity (Wildman–Crippen MR) is 99.0 cm³/mol. The first kappa shape index (κ1) is 16.6. The third-order valence-electron chi connectivity index (χ3n) is 4.83. The van der Waals surface area contributed by atoms with Crippen LogP contribution in [0.3, 0.4) is 0 Å². The van der Waals surface area contributed by atoms with E-state index in [1.54, 1.807) is 6.07 Å². The lowest BCUT2D eigenvalue weighted by atomic mass is 10.1. The van der Waals surface area contributed by atoms with Gasteiger partial charge in [0, 0.05) is 29.8 Å². The fraction of sp³-hybridized carbons (Fsp3) is 0.350. The third kappa shape index (κ3) is 3.27. The highest BCUT2D eigenvalue weighted by molar-refractivity contribution is 6.03. The lowest BCUT2D eigenvalue weighted by molar-refractivity contribution is 0.0996. The van der Waals surface area contributed by atoms with Crippen LogP contribution >= 0.6 is 0 Å². The van der Waals surface area contributed by atoms with Gasteiger partial charge < -0.3 is 14.3 Å². The molecular formula is C20H22N4O2. The number of nitrogens with one attached hydrogen (secondary N) is 1. The molecule has 4 rings (SSSR count). The molecule has 3 aromatic rings. The van der Waals surface area contributed by atoms with Gasteiger partial charge in [0.15, 0.2) is 11.6 Å². The molecule has 2 aromatic heterocycles. The van der Waals surface area contributed by atoms with E-state index in [1.165, 1.54) is 25.5 Å². The number of fused-ring (bicyclic) bond motifs is 1. The molecular weight excluding hydrogens is 328 g/mol. The second-order valence-corrected chi connectivity index (χ2v) is 6.72. The summed E-state index contributed by atoms with van der Waals surface area (Å²) in [6.45, 7) is 2.81. The first-order valence-electron chi connectivity index (χ1n) is 9.10. The number of rotatable bonds is 3. The van der Waals surface area contributed by atoms with Crippen LogP contribution < -0.4 is 5.32 Å². The van der Waals surface area contributed by atoms with Crippen molar-refractivity contribution in [3.8, 4) is 11.4 Å². The summed E-state index contributed by atoms with van der Waals surface area (Å²) in [5, 5.41) is 11.6. The van der Waals surface area contributed by atoms with E-state index in [9.17, 15) is 4.79 Å². The highest BCUT2D eigenvalue weighted by Gasteiger charge is 2.16. The molecule has 6 nitrogen and oxygen atoms in total. The first-order valence-corrected chi connectivity index (χ1v) is 9.10. The Morgan fingerprint density at radius 1 is 1.08 bits per heavy atom. The number of amides is 1. The predicted octanol–water partition coefficient (Wildman–Crippen LogP) is 4.22. The number of hydrogen-bond acceptors (Lipinski definition) is 4. The normalized spacial score (nSPS) is 14.3. The minimum Gasteiger partial charge on any atom is -0.459 e. The molecule has 0 radical (unpaired) electrons. The molecule has 0 spiro atoms. The van der Waals surface area contributed by atoms with Gasteiger partial charge in [-0.15, -0.1) is 10.2 Å². The van der Waals surface area contributed by atoms with Crippen molar-refractivity contribution in [2.45, 2.75) is 45.6 Å². The summed E-state index contributed by atoms with van der Waals surface area (Å²) in [6.07, 6.45) is 7.38. The summed E-state index contributed by atoms with van der Waals surface area (Å²) >= 11 is 0. The maximum Gasteiger partial charge on any atom is 0.291 e. The maximum absolute atomic E-state index is 12.2. The number of hydrogen-bond donors (Lipinski definition) is 1. The van der Waals surface area contributed by atoms with Crippen molar-refractivity contribution >= 4 is 11.6 Å². The lowest BCUT2D eigenvalue weighted by Crippen LogP contribution is -2.12. The Morgan fingerprint density at radius 2 is 1.88 bits per heavy atom. The Bertz CT molecular complexity index is 908. The summed E-state index contributed by atoms with van der Waals surface area (Å²) in [4.78, 5) is 12.2. The molecule has 1 aliphatic heterocycles. The summed E-state index contributed by atoms with van der Waals surface area (Å²) in [5.41, 5.74) is 2.56. The second kappa shape index (κ2) is 7.15. The van der Waals surface area contributed by atoms with Crippen LogP contribution in [0.15, 0.2) is 41.0 Å². The molecule has 0 unspecified atom stereocenters. The number of aromatic nitrogens is 3. The molecule has 0 saturated heterocycles. The molecule has 3 heterocycles. The Labute approximate surface area is 152 Å². The van der Waals surface area contributed by atoms with Gasteiger partial charge in [0.1, 0.15) is 5.82 Å². The standard InChI is InChI=1S/C20H22N4O2/c1-14-11-13-26-18(14)20(25)21-16-9-7-15(8-10-16)19-23-22-17-6-4-2-3-5-12-24(17)19/h7-11,13H,2-6,12H2,1H3,(H,21,25). The van der Waals surface area contributed by atoms with Crippen LogP contribution in [0.5, 0.6) is 0 Å². The topological polar surface area (TPSA) is 73.0 Å². The summed E-state index contributed by atoms with van der Waals surface area (Å²) < 4.78 is 7.47. The van der Waals surface area contributed by atoms with Gasteiger partial charge in [-0.1, -0.05) is 12.8 Å². The molecule has 1 N–H and O–H groups in total. The summed E-state index contributed by atoms with van der Waals surface area (Å²) in [7, 11) is 0. The van der Waals surface area contributed by atoms with Gasteiger partial charge in [0.05, 0.1) is 6.26 Å². The minimum atomic E-state index is -0.243. The molecule has 26 heavy (non-hydrogen) atoms. The smallest absolute Gasteiger partial charge is 0.291 e. The largest absolute Gasteiger partial charge is 0.459 e. The van der Waals surface area contributed by atoms with E-state index in [-0.39, 0.29) is 5.91 Å². The van der Waals surface area contributed by atoms with E-state index in [1.807, 2.05) is 31.2 Å². The molecule has 1 aliphatic rings. The highest BCUT2D eigenvalue weighted by atomic mass is 16.3. The summed E-state index contributed by atoms with van der Waals surface area (Å²) in [6, 6.07) is 9.49. The maximum atomic E-state index is 12.2. The van der Waals surface area contributed by atoms with Gasteiger partial charge in [-0.2, -0.15) is 0 Å². The van der Waals surface area contributed by atoms with Crippen LogP contribution in [0, 0.1) is 6.92 Å². The number of carbonyl (C=O) groups is 1. The fourth-order valence-corrected chi connectivity index (χ4v) is 3.37. The third-order valence-corrected chi connectivity index (χ3v) is 4.83. The van der Waals surface area contributed by atoms with Crippen molar-refractivity contribution in [1.82, 2.24) is 14.8 Å². The average molecular weight is 350 g/mol. The van der Waals surface area contributed by atoms with Crippen LogP contribution in [0.4, 0.5) is 5.69 Å². The van der Waals surface area contributed by atoms with Crippen molar-refractivity contribution in [1.29, 1.82) is 0 Å². The summed E-state index contributed by atoms with van der Waals surface area (Å²) in [5.74, 6) is 2.08. The lowest BCUT2D eigenvalue weighted by Gasteiger charge is -2.13. The number of carbonyl (C=O) groups excluding carboxylic acids is 1. The minimum absolute atomic E-state index is 0.243. The van der Waals surface area contributed by atoms with Crippen LogP contribution in [-0.2, 0) is 13.0 Å². The van der Waals surface area contributed by atoms with Gasteiger partial charge in [0.2, 0.25) is 0 Å². The molecule has 0 saturated carbocycles. The molecule has 1 amide bonds.